The molecule has 10 atom stereocenters. The lowest BCUT2D eigenvalue weighted by Crippen LogP contribution is -2.34. The fourth-order valence-electron chi connectivity index (χ4n) is 6.38. The maximum Gasteiger partial charge on any atom is 0.325 e. The van der Waals surface area contributed by atoms with Crippen LogP contribution in [-0.4, -0.2) is 111 Å². The van der Waals surface area contributed by atoms with Crippen LogP contribution in [0.15, 0.2) is 54.1 Å². The van der Waals surface area contributed by atoms with Gasteiger partial charge in [-0.2, -0.15) is 4.98 Å². The average Bonchev–Trinajstić information content (AvgIpc) is 3.95. The van der Waals surface area contributed by atoms with Crippen LogP contribution in [0.1, 0.15) is 36.7 Å². The molecule has 1 aromatic carbocycles. The number of benzene rings is 1. The second-order valence-electron chi connectivity index (χ2n) is 13.4. The van der Waals surface area contributed by atoms with E-state index < -0.39 is 99.2 Å². The minimum atomic E-state index is -4.47. The minimum absolute atomic E-state index is 0.0245. The third kappa shape index (κ3) is 7.97. The lowest BCUT2D eigenvalue weighted by molar-refractivity contribution is -0.118. The molecular weight excluding hydrogens is 852 g/mol. The van der Waals surface area contributed by atoms with Gasteiger partial charge < -0.3 is 33.6 Å². The monoisotopic (exact) mass is 884 g/mol. The maximum atomic E-state index is 16.5. The number of imidazole rings is 2. The molecule has 2 bridgehead atoms. The number of rotatable bonds is 6. The highest BCUT2D eigenvalue weighted by molar-refractivity contribution is 8.07. The Bertz CT molecular complexity index is 2550. The van der Waals surface area contributed by atoms with E-state index in [4.69, 9.17) is 51.2 Å². The van der Waals surface area contributed by atoms with E-state index in [1.54, 1.807) is 44.2 Å². The SMILES string of the molecule is CC(C)C(=O)Nc1nc2c(ncn2[C@@H]2O[C@@H]3COP(O)(=S)O[C@H]4[C@@H](F)[C@H](n5cnc6c(NC(=O)c7ccccc7)ncnc65)O[C@@H]4COP(O)(=S)O[C@@H]2[C@@H]3F)c(=O)[nH]1. The Balaban J connectivity index is 1.06. The van der Waals surface area contributed by atoms with Crippen molar-refractivity contribution in [1.82, 2.24) is 39.0 Å². The van der Waals surface area contributed by atoms with Gasteiger partial charge in [-0.15, -0.1) is 0 Å². The van der Waals surface area contributed by atoms with Gasteiger partial charge in [0.15, 0.2) is 52.9 Å². The van der Waals surface area contributed by atoms with Crippen molar-refractivity contribution in [2.45, 2.75) is 63.1 Å². The Morgan fingerprint density at radius 3 is 2.21 bits per heavy atom. The molecule has 21 nitrogen and oxygen atoms in total. The summed E-state index contributed by atoms with van der Waals surface area (Å²) in [6.07, 6.45) is -10.5. The second kappa shape index (κ2) is 15.8. The first kappa shape index (κ1) is 40.7. The maximum absolute atomic E-state index is 16.5. The molecular formula is C31H32F2N10O11P2S2. The van der Waals surface area contributed by atoms with Crippen LogP contribution in [-0.2, 0) is 56.0 Å². The van der Waals surface area contributed by atoms with E-state index in [1.165, 1.54) is 10.9 Å². The van der Waals surface area contributed by atoms with Crippen molar-refractivity contribution in [3.63, 3.8) is 0 Å². The van der Waals surface area contributed by atoms with Crippen molar-refractivity contribution in [2.75, 3.05) is 23.8 Å². The quantitative estimate of drug-likeness (QED) is 0.153. The highest BCUT2D eigenvalue weighted by Crippen LogP contribution is 2.54. The number of alkyl halides is 2. The van der Waals surface area contributed by atoms with Crippen molar-refractivity contribution < 1.29 is 55.7 Å². The number of aromatic nitrogens is 8. The van der Waals surface area contributed by atoms with Crippen LogP contribution >= 0.6 is 13.4 Å². The number of aromatic amines is 1. The third-order valence-electron chi connectivity index (χ3n) is 9.22. The molecule has 7 heterocycles. The summed E-state index contributed by atoms with van der Waals surface area (Å²) in [6, 6.07) is 8.32. The molecule has 8 rings (SSSR count). The lowest BCUT2D eigenvalue weighted by atomic mass is 10.1. The number of H-pyrrole nitrogens is 1. The number of carbonyl (C=O) groups is 2. The van der Waals surface area contributed by atoms with Gasteiger partial charge in [0.1, 0.15) is 30.7 Å². The summed E-state index contributed by atoms with van der Waals surface area (Å²) in [5, 5.41) is 5.13. The Kier molecular flexibility index (Phi) is 11.1. The van der Waals surface area contributed by atoms with Gasteiger partial charge >= 0.3 is 13.4 Å². The number of hydrogen-bond donors (Lipinski definition) is 5. The van der Waals surface area contributed by atoms with Crippen molar-refractivity contribution in [1.29, 1.82) is 0 Å². The van der Waals surface area contributed by atoms with Crippen LogP contribution < -0.4 is 16.2 Å². The number of anilines is 2. The van der Waals surface area contributed by atoms with E-state index in [1.807, 2.05) is 0 Å². The Hall–Kier alpha value is -4.10. The third-order valence-corrected chi connectivity index (χ3v) is 12.3. The number of amides is 2. The van der Waals surface area contributed by atoms with Crippen LogP contribution in [0.25, 0.3) is 22.3 Å². The molecule has 58 heavy (non-hydrogen) atoms. The van der Waals surface area contributed by atoms with Crippen molar-refractivity contribution in [3.8, 4) is 0 Å². The summed E-state index contributed by atoms with van der Waals surface area (Å²) in [4.78, 5) is 83.8. The van der Waals surface area contributed by atoms with Crippen LogP contribution in [0.3, 0.4) is 0 Å². The van der Waals surface area contributed by atoms with E-state index in [-0.39, 0.29) is 34.1 Å². The Morgan fingerprint density at radius 2 is 1.50 bits per heavy atom. The molecule has 0 aliphatic carbocycles. The van der Waals surface area contributed by atoms with Crippen LogP contribution in [0.5, 0.6) is 0 Å². The van der Waals surface area contributed by atoms with Gasteiger partial charge in [0, 0.05) is 11.5 Å². The first-order chi connectivity index (χ1) is 27.6. The summed E-state index contributed by atoms with van der Waals surface area (Å²) in [5.41, 5.74) is -0.638. The normalized spacial score (nSPS) is 31.7. The average molecular weight is 885 g/mol. The summed E-state index contributed by atoms with van der Waals surface area (Å²) < 4.78 is 69.3. The zero-order valence-corrected chi connectivity index (χ0v) is 33.3. The molecule has 5 N–H and O–H groups in total. The van der Waals surface area contributed by atoms with Crippen molar-refractivity contribution in [3.05, 3.63) is 65.2 Å². The second-order valence-corrected chi connectivity index (χ2v) is 19.0. The molecule has 3 aliphatic heterocycles. The van der Waals surface area contributed by atoms with Gasteiger partial charge in [0.05, 0.1) is 25.9 Å². The summed E-state index contributed by atoms with van der Waals surface area (Å²) in [6.45, 7) is -7.15. The highest BCUT2D eigenvalue weighted by atomic mass is 32.5. The first-order valence-electron chi connectivity index (χ1n) is 17.3. The van der Waals surface area contributed by atoms with Gasteiger partial charge in [-0.05, 0) is 35.7 Å². The number of fused-ring (bicyclic) bond motifs is 5. The van der Waals surface area contributed by atoms with Gasteiger partial charge in [-0.25, -0.2) is 28.7 Å². The topological polar surface area (TPSA) is 261 Å². The number of ether oxygens (including phenoxy) is 2. The molecule has 0 saturated carbocycles. The number of carbonyl (C=O) groups excluding carboxylic acids is 2. The van der Waals surface area contributed by atoms with Crippen molar-refractivity contribution in [2.24, 2.45) is 5.92 Å². The molecule has 308 valence electrons. The largest absolute Gasteiger partial charge is 0.346 e. The van der Waals surface area contributed by atoms with E-state index in [0.717, 1.165) is 17.2 Å². The van der Waals surface area contributed by atoms with Crippen molar-refractivity contribution >= 4 is 83.0 Å². The highest BCUT2D eigenvalue weighted by Gasteiger charge is 2.54. The number of nitrogens with one attached hydrogen (secondary N) is 3. The van der Waals surface area contributed by atoms with E-state index >= 15 is 8.78 Å². The molecule has 4 aromatic heterocycles. The molecule has 0 radical (unpaired) electrons. The summed E-state index contributed by atoms with van der Waals surface area (Å²) in [5.74, 6) is -1.62. The standard InChI is InChI=1S/C31H32F2N10O11P2S2/c1-13(2)26(44)40-31-39-25-20(28(46)41-31)37-12-43(25)30-22-17(32)15(51-30)8-49-55(47,57)53-21-16(9-50-56(48,58)54-22)52-29(18(21)33)42-11-36-19-23(34-10-35-24(19)42)38-27(45)14-6-4-3-5-7-14/h3-7,10-13,15-18,21-22,29-30H,8-9H2,1-2H3,(H,47,57)(H,48,58)(H,34,35,38,45)(H2,39,40,41,44,46)/t15-,16-,17-,18-,21-,22-,29-,30-,55?,56?/m1/s1. The first-order valence-corrected chi connectivity index (χ1v) is 22.5. The molecule has 2 amide bonds. The molecule has 3 saturated heterocycles. The number of halogens is 2. The smallest absolute Gasteiger partial charge is 0.325 e. The van der Waals surface area contributed by atoms with E-state index in [0.29, 0.717) is 5.56 Å². The summed E-state index contributed by atoms with van der Waals surface area (Å²) >= 11 is 10.5. The predicted octanol–water partition coefficient (Wildman–Crippen LogP) is 2.53. The fraction of sp³-hybridized carbons (Fsp3) is 0.419. The molecule has 2 unspecified atom stereocenters. The van der Waals surface area contributed by atoms with Gasteiger partial charge in [-0.3, -0.25) is 42.9 Å². The van der Waals surface area contributed by atoms with Crippen LogP contribution in [0.2, 0.25) is 0 Å². The van der Waals surface area contributed by atoms with Crippen LogP contribution in [0, 0.1) is 5.92 Å². The number of nitrogens with zero attached hydrogens (tertiary/aromatic N) is 7. The van der Waals surface area contributed by atoms with Gasteiger partial charge in [0.25, 0.3) is 11.5 Å². The van der Waals surface area contributed by atoms with E-state index in [2.05, 4.69) is 40.5 Å². The molecule has 5 aromatic rings. The lowest BCUT2D eigenvalue weighted by Gasteiger charge is -2.27. The molecule has 3 fully saturated rings. The zero-order chi connectivity index (χ0) is 41.1. The zero-order valence-electron chi connectivity index (χ0n) is 29.9. The molecule has 27 heteroatoms. The fourth-order valence-corrected chi connectivity index (χ4v) is 9.22. The van der Waals surface area contributed by atoms with Gasteiger partial charge in [-0.1, -0.05) is 32.0 Å². The van der Waals surface area contributed by atoms with Crippen LogP contribution in [0.4, 0.5) is 20.5 Å². The Labute approximate surface area is 334 Å². The minimum Gasteiger partial charge on any atom is -0.346 e. The number of hydrogen-bond acceptors (Lipinski definition) is 16. The van der Waals surface area contributed by atoms with Gasteiger partial charge in [0.2, 0.25) is 11.9 Å². The van der Waals surface area contributed by atoms with E-state index in [9.17, 15) is 24.2 Å². The Morgan fingerprint density at radius 1 is 0.862 bits per heavy atom. The molecule has 3 aliphatic rings. The predicted molar refractivity (Wildman–Crippen MR) is 204 cm³/mol. The summed E-state index contributed by atoms with van der Waals surface area (Å²) in [7, 11) is 0. The molecule has 0 spiro atoms.